The summed E-state index contributed by atoms with van der Waals surface area (Å²) < 4.78 is 15.6. The number of hydrogen-bond donors (Lipinski definition) is 0. The number of rotatable bonds is 4. The highest BCUT2D eigenvalue weighted by atomic mass is 32.2. The van der Waals surface area contributed by atoms with Gasteiger partial charge in [-0.1, -0.05) is 12.2 Å². The van der Waals surface area contributed by atoms with Gasteiger partial charge >= 0.3 is 0 Å². The van der Waals surface area contributed by atoms with E-state index in [0.29, 0.717) is 5.75 Å². The maximum absolute atomic E-state index is 10.9. The van der Waals surface area contributed by atoms with E-state index in [1.165, 1.54) is 20.0 Å². The van der Waals surface area contributed by atoms with Crippen LogP contribution in [0, 0.1) is 5.92 Å². The SMILES string of the molecule is COS(=O)CCC1CC=CCC1. The van der Waals surface area contributed by atoms with Crippen LogP contribution < -0.4 is 0 Å². The van der Waals surface area contributed by atoms with Gasteiger partial charge < -0.3 is 0 Å². The Morgan fingerprint density at radius 3 is 3.00 bits per heavy atom. The molecule has 2 unspecified atom stereocenters. The van der Waals surface area contributed by atoms with Crippen molar-refractivity contribution in [3.8, 4) is 0 Å². The van der Waals surface area contributed by atoms with E-state index in [1.807, 2.05) is 0 Å². The Bertz CT molecular complexity index is 177. The minimum absolute atomic E-state index is 0.689. The standard InChI is InChI=1S/C9H16O2S/c1-11-12(10)8-7-9-5-3-2-4-6-9/h2-3,9H,4-8H2,1H3. The van der Waals surface area contributed by atoms with Crippen molar-refractivity contribution < 1.29 is 8.39 Å². The van der Waals surface area contributed by atoms with Crippen LogP contribution in [0.4, 0.5) is 0 Å². The van der Waals surface area contributed by atoms with Crippen molar-refractivity contribution in [1.29, 1.82) is 0 Å². The predicted octanol–water partition coefficient (Wildman–Crippen LogP) is 2.04. The molecule has 0 aromatic rings. The molecule has 0 aromatic heterocycles. The average molecular weight is 188 g/mol. The molecule has 0 N–H and O–H groups in total. The van der Waals surface area contributed by atoms with E-state index < -0.39 is 11.1 Å². The summed E-state index contributed by atoms with van der Waals surface area (Å²) in [4.78, 5) is 0. The zero-order chi connectivity index (χ0) is 8.81. The molecule has 0 saturated heterocycles. The van der Waals surface area contributed by atoms with Crippen molar-refractivity contribution >= 4 is 11.1 Å². The van der Waals surface area contributed by atoms with Crippen molar-refractivity contribution in [1.82, 2.24) is 0 Å². The van der Waals surface area contributed by atoms with E-state index in [9.17, 15) is 4.21 Å². The second-order valence-electron chi connectivity index (χ2n) is 3.11. The van der Waals surface area contributed by atoms with Crippen molar-refractivity contribution in [3.63, 3.8) is 0 Å². The quantitative estimate of drug-likeness (QED) is 0.631. The van der Waals surface area contributed by atoms with E-state index >= 15 is 0 Å². The molecule has 0 spiro atoms. The molecule has 2 atom stereocenters. The van der Waals surface area contributed by atoms with Gasteiger partial charge in [0.25, 0.3) is 0 Å². The van der Waals surface area contributed by atoms with Crippen molar-refractivity contribution in [3.05, 3.63) is 12.2 Å². The van der Waals surface area contributed by atoms with Gasteiger partial charge in [-0.25, -0.2) is 4.21 Å². The molecule has 1 rings (SSSR count). The Labute approximate surface area is 76.7 Å². The summed E-state index contributed by atoms with van der Waals surface area (Å²) in [6.45, 7) is 0. The zero-order valence-electron chi connectivity index (χ0n) is 7.49. The van der Waals surface area contributed by atoms with Crippen LogP contribution in [-0.4, -0.2) is 17.1 Å². The molecular weight excluding hydrogens is 172 g/mol. The maximum Gasteiger partial charge on any atom is 0.155 e. The fourth-order valence-corrected chi connectivity index (χ4v) is 2.16. The van der Waals surface area contributed by atoms with Gasteiger partial charge in [-0.3, -0.25) is 4.18 Å². The minimum Gasteiger partial charge on any atom is -0.294 e. The van der Waals surface area contributed by atoms with Gasteiger partial charge in [0.15, 0.2) is 11.1 Å². The van der Waals surface area contributed by atoms with Crippen molar-refractivity contribution in [2.75, 3.05) is 12.9 Å². The molecule has 12 heavy (non-hydrogen) atoms. The van der Waals surface area contributed by atoms with Gasteiger partial charge in [0.1, 0.15) is 0 Å². The van der Waals surface area contributed by atoms with Crippen LogP contribution in [0.3, 0.4) is 0 Å². The van der Waals surface area contributed by atoms with Gasteiger partial charge in [-0.15, -0.1) is 0 Å². The van der Waals surface area contributed by atoms with Gasteiger partial charge in [-0.2, -0.15) is 0 Å². The Morgan fingerprint density at radius 1 is 1.58 bits per heavy atom. The lowest BCUT2D eigenvalue weighted by Crippen LogP contribution is -2.08. The highest BCUT2D eigenvalue weighted by molar-refractivity contribution is 7.80. The van der Waals surface area contributed by atoms with Crippen LogP contribution in [0.2, 0.25) is 0 Å². The molecule has 1 aliphatic rings. The Balaban J connectivity index is 2.14. The predicted molar refractivity (Wildman–Crippen MR) is 51.1 cm³/mol. The molecule has 70 valence electrons. The van der Waals surface area contributed by atoms with E-state index in [4.69, 9.17) is 4.18 Å². The molecule has 0 heterocycles. The summed E-state index contributed by atoms with van der Waals surface area (Å²) in [6, 6.07) is 0. The summed E-state index contributed by atoms with van der Waals surface area (Å²) in [7, 11) is 1.50. The van der Waals surface area contributed by atoms with Gasteiger partial charge in [-0.05, 0) is 31.6 Å². The molecular formula is C9H16O2S. The Morgan fingerprint density at radius 2 is 2.42 bits per heavy atom. The third kappa shape index (κ3) is 3.50. The molecule has 0 fully saturated rings. The van der Waals surface area contributed by atoms with E-state index in [0.717, 1.165) is 18.8 Å². The minimum atomic E-state index is -1.05. The fourth-order valence-electron chi connectivity index (χ4n) is 1.46. The molecule has 0 radical (unpaired) electrons. The average Bonchev–Trinajstić information content (AvgIpc) is 2.16. The molecule has 0 aromatic carbocycles. The third-order valence-electron chi connectivity index (χ3n) is 2.26. The van der Waals surface area contributed by atoms with E-state index in [-0.39, 0.29) is 0 Å². The van der Waals surface area contributed by atoms with Crippen molar-refractivity contribution in [2.45, 2.75) is 25.7 Å². The first-order valence-electron chi connectivity index (χ1n) is 4.40. The Hall–Kier alpha value is -0.150. The summed E-state index contributed by atoms with van der Waals surface area (Å²) in [6.07, 6.45) is 9.07. The fraction of sp³-hybridized carbons (Fsp3) is 0.778. The highest BCUT2D eigenvalue weighted by Gasteiger charge is 2.10. The van der Waals surface area contributed by atoms with E-state index in [1.54, 1.807) is 0 Å². The molecule has 0 aliphatic heterocycles. The first-order chi connectivity index (χ1) is 5.83. The first-order valence-corrected chi connectivity index (χ1v) is 5.65. The van der Waals surface area contributed by atoms with Gasteiger partial charge in [0.05, 0.1) is 7.11 Å². The summed E-state index contributed by atoms with van der Waals surface area (Å²) >= 11 is -1.05. The molecule has 3 heteroatoms. The second kappa shape index (κ2) is 5.49. The topological polar surface area (TPSA) is 26.3 Å². The van der Waals surface area contributed by atoms with Crippen molar-refractivity contribution in [2.24, 2.45) is 5.92 Å². The second-order valence-corrected chi connectivity index (χ2v) is 4.46. The van der Waals surface area contributed by atoms with Crippen LogP contribution in [-0.2, 0) is 15.3 Å². The lowest BCUT2D eigenvalue weighted by molar-refractivity contribution is 0.428. The monoisotopic (exact) mass is 188 g/mol. The van der Waals surface area contributed by atoms with Crippen LogP contribution in [0.5, 0.6) is 0 Å². The molecule has 0 bridgehead atoms. The third-order valence-corrected chi connectivity index (χ3v) is 3.20. The number of hydrogen-bond acceptors (Lipinski definition) is 2. The van der Waals surface area contributed by atoms with Gasteiger partial charge in [0.2, 0.25) is 0 Å². The molecule has 0 saturated carbocycles. The summed E-state index contributed by atoms with van der Waals surface area (Å²) in [5, 5.41) is 0. The Kier molecular flexibility index (Phi) is 4.54. The summed E-state index contributed by atoms with van der Waals surface area (Å²) in [5.41, 5.74) is 0. The zero-order valence-corrected chi connectivity index (χ0v) is 8.31. The lowest BCUT2D eigenvalue weighted by atomic mass is 9.92. The molecule has 0 amide bonds. The van der Waals surface area contributed by atoms with E-state index in [2.05, 4.69) is 12.2 Å². The largest absolute Gasteiger partial charge is 0.294 e. The van der Waals surface area contributed by atoms with Crippen LogP contribution in [0.15, 0.2) is 12.2 Å². The first kappa shape index (κ1) is 9.93. The van der Waals surface area contributed by atoms with Crippen LogP contribution >= 0.6 is 0 Å². The van der Waals surface area contributed by atoms with Crippen LogP contribution in [0.25, 0.3) is 0 Å². The smallest absolute Gasteiger partial charge is 0.155 e. The van der Waals surface area contributed by atoms with Gasteiger partial charge in [0, 0.05) is 5.75 Å². The number of allylic oxidation sites excluding steroid dienone is 2. The molecule has 1 aliphatic carbocycles. The summed E-state index contributed by atoms with van der Waals surface area (Å²) in [5.74, 6) is 1.42. The highest BCUT2D eigenvalue weighted by Crippen LogP contribution is 2.21. The normalized spacial score (nSPS) is 25.6. The lowest BCUT2D eigenvalue weighted by Gasteiger charge is -2.16. The molecule has 2 nitrogen and oxygen atoms in total. The maximum atomic E-state index is 10.9. The van der Waals surface area contributed by atoms with Crippen LogP contribution in [0.1, 0.15) is 25.7 Å².